The van der Waals surface area contributed by atoms with E-state index in [1.807, 2.05) is 25.1 Å². The van der Waals surface area contributed by atoms with E-state index >= 15 is 0 Å². The molecule has 0 amide bonds. The predicted molar refractivity (Wildman–Crippen MR) is 81.3 cm³/mol. The van der Waals surface area contributed by atoms with Crippen molar-refractivity contribution in [3.05, 3.63) is 59.2 Å². The van der Waals surface area contributed by atoms with E-state index in [1.54, 1.807) is 12.1 Å². The first-order chi connectivity index (χ1) is 9.63. The molecule has 0 spiro atoms. The van der Waals surface area contributed by atoms with Crippen LogP contribution in [0.15, 0.2) is 42.5 Å². The predicted octanol–water partition coefficient (Wildman–Crippen LogP) is 3.15. The molecule has 106 valence electrons. The van der Waals surface area contributed by atoms with Gasteiger partial charge in [0.1, 0.15) is 0 Å². The normalized spacial score (nSPS) is 12.3. The highest BCUT2D eigenvalue weighted by Gasteiger charge is 2.17. The summed E-state index contributed by atoms with van der Waals surface area (Å²) in [6.45, 7) is 5.72. The maximum Gasteiger partial charge on any atom is 0.157 e. The molecule has 0 aliphatic rings. The van der Waals surface area contributed by atoms with E-state index in [0.717, 1.165) is 24.2 Å². The van der Waals surface area contributed by atoms with Crippen LogP contribution in [0.25, 0.3) is 0 Å². The number of likely N-dealkylation sites (N-methyl/N-ethyl adjacent to an activating group) is 1. The fourth-order valence-corrected chi connectivity index (χ4v) is 2.45. The molecule has 0 aliphatic carbocycles. The Labute approximate surface area is 119 Å². The lowest BCUT2D eigenvalue weighted by molar-refractivity contribution is 0.402. The fourth-order valence-electron chi connectivity index (χ4n) is 2.45. The molecule has 1 unspecified atom stereocenters. The highest BCUT2D eigenvalue weighted by Crippen LogP contribution is 2.34. The van der Waals surface area contributed by atoms with Gasteiger partial charge in [0, 0.05) is 12.5 Å². The Hall–Kier alpha value is -2.00. The first-order valence-electron chi connectivity index (χ1n) is 6.91. The van der Waals surface area contributed by atoms with Crippen LogP contribution in [0.2, 0.25) is 0 Å². The van der Waals surface area contributed by atoms with Gasteiger partial charge in [-0.05, 0) is 42.3 Å². The van der Waals surface area contributed by atoms with Crippen LogP contribution in [-0.4, -0.2) is 23.3 Å². The second-order valence-corrected chi connectivity index (χ2v) is 4.97. The number of rotatable bonds is 5. The third-order valence-corrected chi connectivity index (χ3v) is 3.54. The maximum atomic E-state index is 9.78. The minimum Gasteiger partial charge on any atom is -0.504 e. The van der Waals surface area contributed by atoms with Gasteiger partial charge in [-0.15, -0.1) is 0 Å². The van der Waals surface area contributed by atoms with Crippen molar-refractivity contribution in [1.82, 2.24) is 5.32 Å². The van der Waals surface area contributed by atoms with E-state index < -0.39 is 0 Å². The van der Waals surface area contributed by atoms with E-state index in [1.165, 1.54) is 5.56 Å². The first-order valence-corrected chi connectivity index (χ1v) is 6.91. The lowest BCUT2D eigenvalue weighted by Crippen LogP contribution is -2.22. The number of aryl methyl sites for hydroxylation is 1. The average Bonchev–Trinajstić information content (AvgIpc) is 2.45. The highest BCUT2D eigenvalue weighted by atomic mass is 16.3. The molecule has 0 bridgehead atoms. The summed E-state index contributed by atoms with van der Waals surface area (Å²) in [5, 5.41) is 22.7. The molecule has 0 fully saturated rings. The van der Waals surface area contributed by atoms with E-state index in [2.05, 4.69) is 24.4 Å². The average molecular weight is 271 g/mol. The number of benzene rings is 2. The number of nitrogens with one attached hydrogen (secondary N) is 1. The number of hydrogen-bond donors (Lipinski definition) is 3. The van der Waals surface area contributed by atoms with Crippen molar-refractivity contribution < 1.29 is 10.2 Å². The van der Waals surface area contributed by atoms with Gasteiger partial charge in [0.25, 0.3) is 0 Å². The number of aromatic hydroxyl groups is 2. The SMILES string of the molecule is CCNCC(c1ccccc1)c1cc(O)c(O)cc1C. The smallest absolute Gasteiger partial charge is 0.157 e. The summed E-state index contributed by atoms with van der Waals surface area (Å²) in [4.78, 5) is 0. The largest absolute Gasteiger partial charge is 0.504 e. The van der Waals surface area contributed by atoms with Gasteiger partial charge in [0.2, 0.25) is 0 Å². The van der Waals surface area contributed by atoms with Crippen LogP contribution >= 0.6 is 0 Å². The Kier molecular flexibility index (Phi) is 4.64. The summed E-state index contributed by atoms with van der Waals surface area (Å²) in [5.41, 5.74) is 3.21. The highest BCUT2D eigenvalue weighted by molar-refractivity contribution is 5.49. The van der Waals surface area contributed by atoms with Crippen LogP contribution in [0.4, 0.5) is 0 Å². The second kappa shape index (κ2) is 6.44. The molecule has 0 radical (unpaired) electrons. The molecule has 0 aromatic heterocycles. The Bertz CT molecular complexity index is 567. The van der Waals surface area contributed by atoms with Crippen LogP contribution in [0.5, 0.6) is 11.5 Å². The summed E-state index contributed by atoms with van der Waals surface area (Å²) in [6, 6.07) is 13.5. The van der Waals surface area contributed by atoms with Gasteiger partial charge < -0.3 is 15.5 Å². The molecule has 2 aromatic rings. The molecule has 0 saturated carbocycles. The summed E-state index contributed by atoms with van der Waals surface area (Å²) < 4.78 is 0. The molecule has 3 nitrogen and oxygen atoms in total. The Morgan fingerprint density at radius 2 is 1.70 bits per heavy atom. The summed E-state index contributed by atoms with van der Waals surface area (Å²) in [6.07, 6.45) is 0. The molecule has 0 heterocycles. The molecule has 3 N–H and O–H groups in total. The summed E-state index contributed by atoms with van der Waals surface area (Å²) in [7, 11) is 0. The van der Waals surface area contributed by atoms with Gasteiger partial charge >= 0.3 is 0 Å². The molecule has 0 saturated heterocycles. The summed E-state index contributed by atoms with van der Waals surface area (Å²) in [5.74, 6) is 0.0205. The Morgan fingerprint density at radius 1 is 1.05 bits per heavy atom. The molecule has 1 atom stereocenters. The van der Waals surface area contributed by atoms with Crippen LogP contribution in [0.3, 0.4) is 0 Å². The fraction of sp³-hybridized carbons (Fsp3) is 0.294. The maximum absolute atomic E-state index is 9.78. The number of phenols is 2. The molecule has 2 rings (SSSR count). The van der Waals surface area contributed by atoms with Crippen LogP contribution < -0.4 is 5.32 Å². The number of phenolic OH excluding ortho intramolecular Hbond substituents is 2. The topological polar surface area (TPSA) is 52.5 Å². The zero-order valence-corrected chi connectivity index (χ0v) is 11.9. The molecule has 20 heavy (non-hydrogen) atoms. The Balaban J connectivity index is 2.44. The van der Waals surface area contributed by atoms with Crippen LogP contribution in [-0.2, 0) is 0 Å². The van der Waals surface area contributed by atoms with Gasteiger partial charge in [-0.25, -0.2) is 0 Å². The molecule has 0 aliphatic heterocycles. The molecule has 2 aromatic carbocycles. The van der Waals surface area contributed by atoms with Gasteiger partial charge in [-0.3, -0.25) is 0 Å². The zero-order chi connectivity index (χ0) is 14.5. The number of hydrogen-bond acceptors (Lipinski definition) is 3. The standard InChI is InChI=1S/C17H21NO2/c1-3-18-11-15(13-7-5-4-6-8-13)14-10-17(20)16(19)9-12(14)2/h4-10,15,18-20H,3,11H2,1-2H3. The van der Waals surface area contributed by atoms with Gasteiger partial charge in [0.15, 0.2) is 11.5 Å². The van der Waals surface area contributed by atoms with Crippen LogP contribution in [0, 0.1) is 6.92 Å². The van der Waals surface area contributed by atoms with Gasteiger partial charge in [-0.2, -0.15) is 0 Å². The Morgan fingerprint density at radius 3 is 2.35 bits per heavy atom. The van der Waals surface area contributed by atoms with Crippen molar-refractivity contribution >= 4 is 0 Å². The molecular weight excluding hydrogens is 250 g/mol. The van der Waals surface area contributed by atoms with E-state index in [0.29, 0.717) is 0 Å². The van der Waals surface area contributed by atoms with Crippen molar-refractivity contribution in [2.45, 2.75) is 19.8 Å². The third-order valence-electron chi connectivity index (χ3n) is 3.54. The minimum atomic E-state index is -0.0680. The van der Waals surface area contributed by atoms with Crippen molar-refractivity contribution in [3.63, 3.8) is 0 Å². The molecular formula is C17H21NO2. The van der Waals surface area contributed by atoms with Crippen LogP contribution in [0.1, 0.15) is 29.5 Å². The van der Waals surface area contributed by atoms with E-state index in [9.17, 15) is 10.2 Å². The quantitative estimate of drug-likeness (QED) is 0.732. The minimum absolute atomic E-state index is 0.0666. The summed E-state index contributed by atoms with van der Waals surface area (Å²) >= 11 is 0. The van der Waals surface area contributed by atoms with Gasteiger partial charge in [0.05, 0.1) is 0 Å². The van der Waals surface area contributed by atoms with Gasteiger partial charge in [-0.1, -0.05) is 37.3 Å². The lowest BCUT2D eigenvalue weighted by atomic mass is 9.88. The van der Waals surface area contributed by atoms with Crippen molar-refractivity contribution in [3.8, 4) is 11.5 Å². The van der Waals surface area contributed by atoms with E-state index in [4.69, 9.17) is 0 Å². The monoisotopic (exact) mass is 271 g/mol. The second-order valence-electron chi connectivity index (χ2n) is 4.97. The van der Waals surface area contributed by atoms with E-state index in [-0.39, 0.29) is 17.4 Å². The van der Waals surface area contributed by atoms with Crippen molar-refractivity contribution in [2.24, 2.45) is 0 Å². The third kappa shape index (κ3) is 3.11. The zero-order valence-electron chi connectivity index (χ0n) is 11.9. The lowest BCUT2D eigenvalue weighted by Gasteiger charge is -2.21. The molecule has 3 heteroatoms. The van der Waals surface area contributed by atoms with Crippen molar-refractivity contribution in [1.29, 1.82) is 0 Å². The van der Waals surface area contributed by atoms with Crippen molar-refractivity contribution in [2.75, 3.05) is 13.1 Å². The first kappa shape index (κ1) is 14.4.